The van der Waals surface area contributed by atoms with E-state index in [9.17, 15) is 9.90 Å². The van der Waals surface area contributed by atoms with Gasteiger partial charge in [-0.25, -0.2) is 0 Å². The van der Waals surface area contributed by atoms with Crippen molar-refractivity contribution in [3.8, 4) is 11.4 Å². The number of ether oxygens (including phenoxy) is 1. The quantitative estimate of drug-likeness (QED) is 0.124. The first-order valence-corrected chi connectivity index (χ1v) is 15.2. The van der Waals surface area contributed by atoms with Gasteiger partial charge in [-0.3, -0.25) is 4.79 Å². The number of fused-ring (bicyclic) bond motifs is 2. The Hall–Kier alpha value is -3.98. The van der Waals surface area contributed by atoms with Gasteiger partial charge in [0, 0.05) is 17.0 Å². The molecule has 0 fully saturated rings. The van der Waals surface area contributed by atoms with Crippen LogP contribution in [0, 0.1) is 5.92 Å². The van der Waals surface area contributed by atoms with Gasteiger partial charge in [0.15, 0.2) is 0 Å². The lowest BCUT2D eigenvalue weighted by Crippen LogP contribution is -2.14. The van der Waals surface area contributed by atoms with Gasteiger partial charge >= 0.3 is 5.97 Å². The van der Waals surface area contributed by atoms with Crippen LogP contribution in [-0.4, -0.2) is 48.1 Å². The Morgan fingerprint density at radius 1 is 0.953 bits per heavy atom. The predicted molar refractivity (Wildman–Crippen MR) is 171 cm³/mol. The van der Waals surface area contributed by atoms with E-state index in [1.807, 2.05) is 57.2 Å². The van der Waals surface area contributed by atoms with E-state index in [-0.39, 0.29) is 23.6 Å². The number of hydrogen-bond donors (Lipinski definition) is 2. The highest BCUT2D eigenvalue weighted by Crippen LogP contribution is 2.36. The summed E-state index contributed by atoms with van der Waals surface area (Å²) in [5.41, 5.74) is 5.03. The molecular weight excluding hydrogens is 564 g/mol. The minimum absolute atomic E-state index is 0.131. The number of halogens is 1. The summed E-state index contributed by atoms with van der Waals surface area (Å²) in [6.07, 6.45) is 5.15. The summed E-state index contributed by atoms with van der Waals surface area (Å²) < 4.78 is 5.43. The molecule has 228 valence electrons. The largest absolute Gasteiger partial charge is 0.505 e. The molecule has 2 aromatic heterocycles. The number of aryl methyl sites for hydroxylation is 1. The highest BCUT2D eigenvalue weighted by atomic mass is 35.5. The van der Waals surface area contributed by atoms with Gasteiger partial charge < -0.3 is 9.84 Å². The molecule has 2 heterocycles. The van der Waals surface area contributed by atoms with Crippen molar-refractivity contribution in [2.75, 3.05) is 6.61 Å². The highest BCUT2D eigenvalue weighted by Gasteiger charge is 2.23. The number of nitrogens with zero attached hydrogens (tertiary/aromatic N) is 5. The zero-order chi connectivity index (χ0) is 31.0. The molecule has 0 amide bonds. The molecule has 3 aromatic carbocycles. The lowest BCUT2D eigenvalue weighted by atomic mass is 9.84. The van der Waals surface area contributed by atoms with Crippen LogP contribution in [0.15, 0.2) is 54.6 Å². The van der Waals surface area contributed by atoms with Gasteiger partial charge in [0.05, 0.1) is 6.61 Å². The molecule has 0 aliphatic heterocycles. The van der Waals surface area contributed by atoms with E-state index in [4.69, 9.17) is 16.3 Å². The molecule has 2 N–H and O–H groups in total. The van der Waals surface area contributed by atoms with Crippen LogP contribution < -0.4 is 0 Å². The van der Waals surface area contributed by atoms with Gasteiger partial charge in [-0.1, -0.05) is 83.7 Å². The Labute approximate surface area is 257 Å². The summed E-state index contributed by atoms with van der Waals surface area (Å²) in [6, 6.07) is 16.8. The van der Waals surface area contributed by atoms with Crippen LogP contribution in [0.3, 0.4) is 0 Å². The number of carbonyl (C=O) groups excluding carboxylic acids is 1. The van der Waals surface area contributed by atoms with Crippen molar-refractivity contribution in [2.24, 2.45) is 5.92 Å². The number of carbonyl (C=O) groups is 1. The minimum atomic E-state index is -0.304. The summed E-state index contributed by atoms with van der Waals surface area (Å²) in [7, 11) is 0. The first-order valence-electron chi connectivity index (χ1n) is 14.8. The summed E-state index contributed by atoms with van der Waals surface area (Å²) >= 11 is 6.09. The van der Waals surface area contributed by atoms with Crippen molar-refractivity contribution in [1.29, 1.82) is 0 Å². The lowest BCUT2D eigenvalue weighted by Gasteiger charge is -2.23. The second-order valence-electron chi connectivity index (χ2n) is 12.2. The van der Waals surface area contributed by atoms with E-state index in [2.05, 4.69) is 39.5 Å². The molecule has 0 unspecified atom stereocenters. The number of phenols is 1. The van der Waals surface area contributed by atoms with Crippen LogP contribution in [-0.2, 0) is 21.4 Å². The Kier molecular flexibility index (Phi) is 10.7. The van der Waals surface area contributed by atoms with Crippen LogP contribution in [0.1, 0.15) is 77.8 Å². The number of esters is 1. The molecule has 10 heteroatoms. The van der Waals surface area contributed by atoms with E-state index < -0.39 is 0 Å². The van der Waals surface area contributed by atoms with Gasteiger partial charge in [-0.2, -0.15) is 15.4 Å². The molecule has 0 aliphatic rings. The van der Waals surface area contributed by atoms with Crippen molar-refractivity contribution in [2.45, 2.75) is 78.6 Å². The molecule has 0 atom stereocenters. The number of hydrogen-bond acceptors (Lipinski definition) is 7. The molecule has 0 saturated carbocycles. The average molecular weight is 605 g/mol. The van der Waals surface area contributed by atoms with Crippen LogP contribution >= 0.6 is 11.6 Å². The third kappa shape index (κ3) is 9.00. The summed E-state index contributed by atoms with van der Waals surface area (Å²) in [5, 5.41) is 31.0. The SMILES string of the molecule is CC(C)CCCCCOC(=O)CCc1cc(-n2nc3ccc(Cl)cc3n2)c(O)c(C(C)(C)C)c1.c1ccc2n[nH]nc2c1. The molecular formula is C33H41ClN6O3. The first-order chi connectivity index (χ1) is 20.5. The summed E-state index contributed by atoms with van der Waals surface area (Å²) in [4.78, 5) is 13.7. The van der Waals surface area contributed by atoms with Crippen molar-refractivity contribution < 1.29 is 14.6 Å². The smallest absolute Gasteiger partial charge is 0.306 e. The Balaban J connectivity index is 0.000000395. The van der Waals surface area contributed by atoms with E-state index in [1.165, 1.54) is 17.6 Å². The highest BCUT2D eigenvalue weighted by molar-refractivity contribution is 6.31. The standard InChI is InChI=1S/C27H36ClN3O3.C6H5N3/c1-18(2)9-7-6-8-14-34-25(32)13-10-19-15-21(27(3,4)5)26(33)24(16-19)31-29-22-12-11-20(28)17-23(22)30-31;1-2-4-6-5(3-1)7-9-8-6/h11-12,15-18,33H,6-10,13-14H2,1-5H3;1-4H,(H,7,8,9). The van der Waals surface area contributed by atoms with Gasteiger partial charge in [-0.15, -0.1) is 15.0 Å². The Morgan fingerprint density at radius 3 is 2.33 bits per heavy atom. The maximum atomic E-state index is 12.3. The van der Waals surface area contributed by atoms with Gasteiger partial charge in [0.25, 0.3) is 0 Å². The first kappa shape index (κ1) is 31.9. The third-order valence-electron chi connectivity index (χ3n) is 7.04. The van der Waals surface area contributed by atoms with Crippen LogP contribution in [0.25, 0.3) is 27.8 Å². The van der Waals surface area contributed by atoms with Crippen LogP contribution in [0.2, 0.25) is 5.02 Å². The number of aromatic nitrogens is 6. The number of para-hydroxylation sites is 2. The van der Waals surface area contributed by atoms with Crippen molar-refractivity contribution >= 4 is 39.6 Å². The number of H-pyrrole nitrogens is 1. The molecule has 0 radical (unpaired) electrons. The molecule has 0 spiro atoms. The molecule has 5 aromatic rings. The normalized spacial score (nSPS) is 11.6. The number of aromatic amines is 1. The maximum Gasteiger partial charge on any atom is 0.306 e. The van der Waals surface area contributed by atoms with Crippen LogP contribution in [0.4, 0.5) is 0 Å². The average Bonchev–Trinajstić information content (AvgIpc) is 3.60. The van der Waals surface area contributed by atoms with E-state index >= 15 is 0 Å². The minimum Gasteiger partial charge on any atom is -0.505 e. The summed E-state index contributed by atoms with van der Waals surface area (Å²) in [6.45, 7) is 11.0. The monoisotopic (exact) mass is 604 g/mol. The topological polar surface area (TPSA) is 119 Å². The molecule has 0 aliphatic carbocycles. The summed E-state index contributed by atoms with van der Waals surface area (Å²) in [5.74, 6) is 0.642. The fourth-order valence-corrected chi connectivity index (χ4v) is 4.83. The van der Waals surface area contributed by atoms with Gasteiger partial charge in [0.1, 0.15) is 33.5 Å². The zero-order valence-electron chi connectivity index (χ0n) is 25.6. The van der Waals surface area contributed by atoms with Crippen molar-refractivity contribution in [1.82, 2.24) is 30.4 Å². The number of phenolic OH excluding ortho intramolecular Hbond substituents is 1. The second-order valence-corrected chi connectivity index (χ2v) is 12.6. The van der Waals surface area contributed by atoms with Crippen molar-refractivity contribution in [3.63, 3.8) is 0 Å². The molecule has 43 heavy (non-hydrogen) atoms. The zero-order valence-corrected chi connectivity index (χ0v) is 26.4. The number of nitrogens with one attached hydrogen (secondary N) is 1. The fraction of sp³-hybridized carbons (Fsp3) is 0.424. The third-order valence-corrected chi connectivity index (χ3v) is 7.28. The Bertz CT molecular complexity index is 1620. The molecule has 5 rings (SSSR count). The predicted octanol–water partition coefficient (Wildman–Crippen LogP) is 7.73. The van der Waals surface area contributed by atoms with E-state index in [0.29, 0.717) is 40.7 Å². The Morgan fingerprint density at radius 2 is 1.65 bits per heavy atom. The molecule has 0 saturated heterocycles. The number of unbranched alkanes of at least 4 members (excludes halogenated alkanes) is 2. The van der Waals surface area contributed by atoms with Gasteiger partial charge in [-0.05, 0) is 66.1 Å². The van der Waals surface area contributed by atoms with Crippen molar-refractivity contribution in [3.05, 3.63) is 70.7 Å². The lowest BCUT2D eigenvalue weighted by molar-refractivity contribution is -0.143. The van der Waals surface area contributed by atoms with Crippen LogP contribution in [0.5, 0.6) is 5.75 Å². The van der Waals surface area contributed by atoms with Gasteiger partial charge in [0.2, 0.25) is 0 Å². The second kappa shape index (κ2) is 14.5. The van der Waals surface area contributed by atoms with E-state index in [1.54, 1.807) is 18.2 Å². The number of aromatic hydroxyl groups is 1. The molecule has 0 bridgehead atoms. The number of benzene rings is 3. The molecule has 9 nitrogen and oxygen atoms in total. The van der Waals surface area contributed by atoms with E-state index in [0.717, 1.165) is 35.0 Å². The fourth-order valence-electron chi connectivity index (χ4n) is 4.66. The number of rotatable bonds is 10. The maximum absolute atomic E-state index is 12.3.